The van der Waals surface area contributed by atoms with E-state index >= 15 is 0 Å². The summed E-state index contributed by atoms with van der Waals surface area (Å²) in [5.41, 5.74) is 10.2. The Morgan fingerprint density at radius 1 is 0.458 bits per heavy atom. The van der Waals surface area contributed by atoms with Crippen LogP contribution in [0.25, 0.3) is 21.9 Å². The van der Waals surface area contributed by atoms with Crippen molar-refractivity contribution in [3.63, 3.8) is 0 Å². The van der Waals surface area contributed by atoms with Crippen molar-refractivity contribution in [3.8, 4) is 11.1 Å². The average Bonchev–Trinajstić information content (AvgIpc) is 3.18. The Labute approximate surface area is 280 Å². The van der Waals surface area contributed by atoms with E-state index in [2.05, 4.69) is 139 Å². The molecule has 2 aliphatic heterocycles. The Morgan fingerprint density at radius 3 is 1.79 bits per heavy atom. The maximum Gasteiger partial charge on any atom is 0.169 e. The number of allylic oxidation sites excluding steroid dienone is 2. The van der Waals surface area contributed by atoms with E-state index in [-0.39, 0.29) is 18.1 Å². The second-order valence-electron chi connectivity index (χ2n) is 12.4. The Bertz CT molecular complexity index is 2260. The zero-order valence-corrected chi connectivity index (χ0v) is 26.2. The number of nitrogens with zero attached hydrogens (tertiary/aromatic N) is 3. The topological polar surface area (TPSA) is 49.1 Å². The van der Waals surface area contributed by atoms with Crippen LogP contribution < -0.4 is 5.32 Å². The van der Waals surface area contributed by atoms with Crippen LogP contribution >= 0.6 is 0 Å². The highest BCUT2D eigenvalue weighted by atomic mass is 15.2. The fraction of sp³-hybridized carbons (Fsp3) is 0.0682. The van der Waals surface area contributed by atoms with E-state index in [0.29, 0.717) is 0 Å². The van der Waals surface area contributed by atoms with Gasteiger partial charge in [0.2, 0.25) is 0 Å². The van der Waals surface area contributed by atoms with Crippen LogP contribution in [0, 0.1) is 0 Å². The Balaban J connectivity index is 1.17. The third-order valence-electron chi connectivity index (χ3n) is 9.45. The van der Waals surface area contributed by atoms with E-state index < -0.39 is 0 Å². The molecule has 4 heteroatoms. The van der Waals surface area contributed by atoms with Gasteiger partial charge in [0, 0.05) is 28.2 Å². The van der Waals surface area contributed by atoms with Crippen LogP contribution in [0.4, 0.5) is 0 Å². The minimum atomic E-state index is -0.385. The Morgan fingerprint density at radius 2 is 1.08 bits per heavy atom. The van der Waals surface area contributed by atoms with Gasteiger partial charge in [-0.25, -0.2) is 9.98 Å². The summed E-state index contributed by atoms with van der Waals surface area (Å²) in [6.45, 7) is 0. The number of hydrogen-bond donors (Lipinski definition) is 1. The average molecular weight is 617 g/mol. The lowest BCUT2D eigenvalue weighted by molar-refractivity contribution is 0.708. The second-order valence-corrected chi connectivity index (χ2v) is 12.4. The van der Waals surface area contributed by atoms with Crippen LogP contribution in [-0.4, -0.2) is 23.4 Å². The molecule has 2 atom stereocenters. The van der Waals surface area contributed by atoms with Gasteiger partial charge in [-0.3, -0.25) is 4.99 Å². The van der Waals surface area contributed by atoms with Crippen LogP contribution in [0.15, 0.2) is 185 Å². The Kier molecular flexibility index (Phi) is 6.98. The minimum absolute atomic E-state index is 0.0727. The molecule has 0 aromatic heterocycles. The van der Waals surface area contributed by atoms with Crippen molar-refractivity contribution in [1.29, 1.82) is 0 Å². The van der Waals surface area contributed by atoms with Crippen LogP contribution in [0.2, 0.25) is 0 Å². The van der Waals surface area contributed by atoms with E-state index in [9.17, 15) is 0 Å². The summed E-state index contributed by atoms with van der Waals surface area (Å²) in [7, 11) is 0. The highest BCUT2D eigenvalue weighted by Crippen LogP contribution is 2.42. The van der Waals surface area contributed by atoms with Crippen LogP contribution in [0.3, 0.4) is 0 Å². The first-order chi connectivity index (χ1) is 23.8. The fourth-order valence-corrected chi connectivity index (χ4v) is 7.18. The van der Waals surface area contributed by atoms with Crippen LogP contribution in [-0.2, 0) is 0 Å². The first-order valence-electron chi connectivity index (χ1n) is 16.5. The fourth-order valence-electron chi connectivity index (χ4n) is 7.18. The van der Waals surface area contributed by atoms with Gasteiger partial charge in [0.25, 0.3) is 0 Å². The van der Waals surface area contributed by atoms with Gasteiger partial charge in [0.05, 0.1) is 11.8 Å². The van der Waals surface area contributed by atoms with Crippen molar-refractivity contribution >= 4 is 28.2 Å². The summed E-state index contributed by atoms with van der Waals surface area (Å²) in [4.78, 5) is 15.5. The van der Waals surface area contributed by atoms with E-state index in [1.807, 2.05) is 36.4 Å². The zero-order chi connectivity index (χ0) is 31.9. The first-order valence-corrected chi connectivity index (χ1v) is 16.5. The van der Waals surface area contributed by atoms with E-state index in [1.165, 1.54) is 27.5 Å². The molecule has 228 valence electrons. The molecule has 0 saturated heterocycles. The summed E-state index contributed by atoms with van der Waals surface area (Å²) in [6.07, 6.45) is 8.44. The van der Waals surface area contributed by atoms with Crippen LogP contribution in [0.1, 0.15) is 45.5 Å². The zero-order valence-electron chi connectivity index (χ0n) is 26.2. The summed E-state index contributed by atoms with van der Waals surface area (Å²) in [6, 6.07) is 51.2. The summed E-state index contributed by atoms with van der Waals surface area (Å²) < 4.78 is 0. The molecule has 4 nitrogen and oxygen atoms in total. The molecule has 2 unspecified atom stereocenters. The number of aliphatic imine (C=N–C) groups is 3. The largest absolute Gasteiger partial charge is 0.324 e. The Hall–Kier alpha value is -6.13. The number of fused-ring (bicyclic) bond motifs is 5. The molecule has 0 saturated carbocycles. The number of amidine groups is 2. The molecule has 6 aromatic carbocycles. The summed E-state index contributed by atoms with van der Waals surface area (Å²) in [5, 5.41) is 6.00. The third-order valence-corrected chi connectivity index (χ3v) is 9.45. The van der Waals surface area contributed by atoms with Gasteiger partial charge in [-0.1, -0.05) is 164 Å². The lowest BCUT2D eigenvalue weighted by Gasteiger charge is -2.31. The van der Waals surface area contributed by atoms with E-state index in [1.54, 1.807) is 0 Å². The smallest absolute Gasteiger partial charge is 0.169 e. The number of rotatable bonds is 5. The molecule has 48 heavy (non-hydrogen) atoms. The number of hydrogen-bond acceptors (Lipinski definition) is 4. The molecular formula is C44H32N4. The SMILES string of the molecule is C1=CC2N=C(c3ccccc3)c3ccc4c(-c5cccc(C6N=C(c7ccccc7)NC(c7ccccc7)=N6)c5)cccc4c3C2C=C1. The molecule has 0 amide bonds. The highest BCUT2D eigenvalue weighted by Gasteiger charge is 2.31. The molecule has 0 spiro atoms. The molecule has 0 fully saturated rings. The molecular weight excluding hydrogens is 585 g/mol. The molecule has 2 heterocycles. The monoisotopic (exact) mass is 616 g/mol. The quantitative estimate of drug-likeness (QED) is 0.206. The maximum absolute atomic E-state index is 5.27. The lowest BCUT2D eigenvalue weighted by atomic mass is 9.77. The maximum atomic E-state index is 5.27. The molecule has 1 N–H and O–H groups in total. The van der Waals surface area contributed by atoms with Gasteiger partial charge in [0.15, 0.2) is 6.17 Å². The second kappa shape index (κ2) is 11.9. The normalized spacial score (nSPS) is 18.3. The van der Waals surface area contributed by atoms with Crippen molar-refractivity contribution < 1.29 is 0 Å². The molecule has 1 aliphatic carbocycles. The van der Waals surface area contributed by atoms with Gasteiger partial charge >= 0.3 is 0 Å². The summed E-state index contributed by atoms with van der Waals surface area (Å²) in [5.74, 6) is 1.82. The van der Waals surface area contributed by atoms with Gasteiger partial charge in [-0.05, 0) is 39.1 Å². The molecule has 0 bridgehead atoms. The van der Waals surface area contributed by atoms with Crippen molar-refractivity contribution in [1.82, 2.24) is 5.32 Å². The molecule has 3 aliphatic rings. The molecule has 9 rings (SSSR count). The van der Waals surface area contributed by atoms with Crippen molar-refractivity contribution in [3.05, 3.63) is 203 Å². The van der Waals surface area contributed by atoms with E-state index in [0.717, 1.165) is 45.2 Å². The predicted molar refractivity (Wildman–Crippen MR) is 198 cm³/mol. The molecule has 0 radical (unpaired) electrons. The van der Waals surface area contributed by atoms with Crippen molar-refractivity contribution in [2.24, 2.45) is 15.0 Å². The van der Waals surface area contributed by atoms with Gasteiger partial charge in [-0.15, -0.1) is 0 Å². The van der Waals surface area contributed by atoms with Gasteiger partial charge in [-0.2, -0.15) is 0 Å². The highest BCUT2D eigenvalue weighted by molar-refractivity contribution is 6.18. The van der Waals surface area contributed by atoms with Gasteiger partial charge in [0.1, 0.15) is 11.7 Å². The number of benzene rings is 6. The predicted octanol–water partition coefficient (Wildman–Crippen LogP) is 9.43. The minimum Gasteiger partial charge on any atom is -0.324 e. The van der Waals surface area contributed by atoms with E-state index in [4.69, 9.17) is 15.0 Å². The summed E-state index contributed by atoms with van der Waals surface area (Å²) >= 11 is 0. The lowest BCUT2D eigenvalue weighted by Crippen LogP contribution is -2.35. The standard InChI is InChI=1S/C44H32N4/c1-4-14-29(15-5-1)41-38-27-26-35-34(23-13-24-36(35)40(38)37-22-10-11-25-39(37)45-41)32-20-12-21-33(28-32)44-47-42(30-16-6-2-7-17-30)46-43(48-44)31-18-8-3-9-19-31/h1-28,37,39,44H,(H,46,47,48). The van der Waals surface area contributed by atoms with Crippen molar-refractivity contribution in [2.75, 3.05) is 0 Å². The molecule has 6 aromatic rings. The van der Waals surface area contributed by atoms with Crippen molar-refractivity contribution in [2.45, 2.75) is 18.1 Å². The van der Waals surface area contributed by atoms with Gasteiger partial charge < -0.3 is 5.32 Å². The van der Waals surface area contributed by atoms with Crippen LogP contribution in [0.5, 0.6) is 0 Å². The third kappa shape index (κ3) is 4.99. The number of nitrogens with one attached hydrogen (secondary N) is 1. The first kappa shape index (κ1) is 28.1.